The number of aliphatic imine (C=N–C) groups is 1. The number of aryl methyl sites for hydroxylation is 2. The number of rotatable bonds is 3. The molecule has 1 saturated heterocycles. The van der Waals surface area contributed by atoms with Crippen LogP contribution < -0.4 is 0 Å². The van der Waals surface area contributed by atoms with E-state index in [0.29, 0.717) is 0 Å². The molecule has 4 rings (SSSR count). The van der Waals surface area contributed by atoms with E-state index in [9.17, 15) is 0 Å². The van der Waals surface area contributed by atoms with Crippen LogP contribution in [0.3, 0.4) is 0 Å². The summed E-state index contributed by atoms with van der Waals surface area (Å²) in [6.07, 6.45) is 6.64. The van der Waals surface area contributed by atoms with Crippen molar-refractivity contribution < 1.29 is 4.74 Å². The van der Waals surface area contributed by atoms with Gasteiger partial charge in [-0.25, -0.2) is 0 Å². The minimum Gasteiger partial charge on any atom is -0.363 e. The van der Waals surface area contributed by atoms with Crippen LogP contribution >= 0.6 is 8.58 Å². The van der Waals surface area contributed by atoms with Gasteiger partial charge < -0.3 is 4.74 Å². The summed E-state index contributed by atoms with van der Waals surface area (Å²) in [6, 6.07) is 4.69. The minimum absolute atomic E-state index is 0.260. The minimum atomic E-state index is 0.260. The molecule has 3 aliphatic rings. The largest absolute Gasteiger partial charge is 0.363 e. The molecule has 0 amide bonds. The third-order valence-electron chi connectivity index (χ3n) is 4.64. The first-order valence-corrected chi connectivity index (χ1v) is 8.85. The number of benzene rings is 1. The van der Waals surface area contributed by atoms with Gasteiger partial charge in [-0.1, -0.05) is 34.2 Å². The fraction of sp³-hybridized carbons (Fsp3) is 0.389. The molecule has 1 aliphatic carbocycles. The van der Waals surface area contributed by atoms with E-state index in [1.54, 1.807) is 0 Å². The van der Waals surface area contributed by atoms with Crippen molar-refractivity contribution in [3.8, 4) is 0 Å². The van der Waals surface area contributed by atoms with Gasteiger partial charge >= 0.3 is 0 Å². The Hall–Kier alpha value is -1.24. The van der Waals surface area contributed by atoms with Gasteiger partial charge in [0.2, 0.25) is 0 Å². The third-order valence-corrected chi connectivity index (χ3v) is 6.14. The average molecular weight is 297 g/mol. The Morgan fingerprint density at radius 3 is 2.95 bits per heavy atom. The predicted octanol–water partition coefficient (Wildman–Crippen LogP) is 4.39. The highest BCUT2D eigenvalue weighted by Crippen LogP contribution is 2.48. The third kappa shape index (κ3) is 2.13. The van der Waals surface area contributed by atoms with Crippen LogP contribution in [0, 0.1) is 0 Å². The summed E-state index contributed by atoms with van der Waals surface area (Å²) in [7, 11) is 0.754. The van der Waals surface area contributed by atoms with Crippen molar-refractivity contribution in [2.45, 2.75) is 38.5 Å². The van der Waals surface area contributed by atoms with Crippen molar-refractivity contribution in [3.63, 3.8) is 0 Å². The van der Waals surface area contributed by atoms with E-state index in [-0.39, 0.29) is 5.85 Å². The molecule has 2 nitrogen and oxygen atoms in total. The summed E-state index contributed by atoms with van der Waals surface area (Å²) in [5.41, 5.74) is 7.87. The molecule has 1 fully saturated rings. The van der Waals surface area contributed by atoms with Gasteiger partial charge in [-0.3, -0.25) is 4.99 Å². The van der Waals surface area contributed by atoms with Crippen molar-refractivity contribution in [2.75, 3.05) is 6.61 Å². The first-order chi connectivity index (χ1) is 10.3. The van der Waals surface area contributed by atoms with Crippen LogP contribution in [-0.2, 0) is 17.6 Å². The maximum atomic E-state index is 5.90. The molecule has 1 aromatic rings. The molecule has 0 radical (unpaired) electrons. The van der Waals surface area contributed by atoms with E-state index in [2.05, 4.69) is 25.6 Å². The van der Waals surface area contributed by atoms with Crippen LogP contribution in [0.25, 0.3) is 11.8 Å². The Labute approximate surface area is 127 Å². The fourth-order valence-electron chi connectivity index (χ4n) is 3.50. The predicted molar refractivity (Wildman–Crippen MR) is 91.3 cm³/mol. The zero-order valence-electron chi connectivity index (χ0n) is 12.4. The Balaban J connectivity index is 1.88. The molecule has 21 heavy (non-hydrogen) atoms. The fourth-order valence-corrected chi connectivity index (χ4v) is 4.91. The lowest BCUT2D eigenvalue weighted by atomic mass is 9.97. The molecule has 2 heterocycles. The van der Waals surface area contributed by atoms with Crippen molar-refractivity contribution in [1.29, 1.82) is 0 Å². The van der Waals surface area contributed by atoms with Gasteiger partial charge in [0.1, 0.15) is 5.85 Å². The number of fused-ring (bicyclic) bond motifs is 3. The second-order valence-electron chi connectivity index (χ2n) is 5.89. The van der Waals surface area contributed by atoms with Crippen LogP contribution in [-0.4, -0.2) is 18.2 Å². The normalized spacial score (nSPS) is 24.4. The summed E-state index contributed by atoms with van der Waals surface area (Å²) < 4.78 is 5.90. The van der Waals surface area contributed by atoms with Crippen molar-refractivity contribution in [2.24, 2.45) is 4.99 Å². The highest BCUT2D eigenvalue weighted by molar-refractivity contribution is 7.46. The van der Waals surface area contributed by atoms with E-state index in [1.165, 1.54) is 58.2 Å². The van der Waals surface area contributed by atoms with Crippen molar-refractivity contribution >= 4 is 26.1 Å². The topological polar surface area (TPSA) is 21.6 Å². The quantitative estimate of drug-likeness (QED) is 0.758. The van der Waals surface area contributed by atoms with Crippen molar-refractivity contribution in [3.05, 3.63) is 46.3 Å². The molecule has 0 aromatic heterocycles. The van der Waals surface area contributed by atoms with Crippen LogP contribution in [0.5, 0.6) is 0 Å². The Morgan fingerprint density at radius 2 is 2.19 bits per heavy atom. The van der Waals surface area contributed by atoms with E-state index < -0.39 is 0 Å². The highest BCUT2D eigenvalue weighted by atomic mass is 31.1. The summed E-state index contributed by atoms with van der Waals surface area (Å²) in [5.74, 6) is 0.260. The molecule has 0 saturated carbocycles. The molecule has 108 valence electrons. The summed E-state index contributed by atoms with van der Waals surface area (Å²) in [4.78, 5) is 4.96. The second-order valence-corrected chi connectivity index (χ2v) is 7.30. The SMILES string of the molecule is C=Cc1cc2c(cc1C1=C3COC(P3)C(CC)=N1)CCC2. The zero-order chi connectivity index (χ0) is 14.4. The van der Waals surface area contributed by atoms with Gasteiger partial charge in [-0.05, 0) is 48.4 Å². The van der Waals surface area contributed by atoms with Gasteiger partial charge in [0.25, 0.3) is 0 Å². The van der Waals surface area contributed by atoms with Gasteiger partial charge in [0.15, 0.2) is 0 Å². The maximum Gasteiger partial charge on any atom is 0.116 e. The van der Waals surface area contributed by atoms with E-state index in [0.717, 1.165) is 21.6 Å². The summed E-state index contributed by atoms with van der Waals surface area (Å²) in [6.45, 7) is 6.93. The van der Waals surface area contributed by atoms with E-state index >= 15 is 0 Å². The number of hydrogen-bond donors (Lipinski definition) is 0. The lowest BCUT2D eigenvalue weighted by Gasteiger charge is -2.19. The van der Waals surface area contributed by atoms with Gasteiger partial charge in [0.05, 0.1) is 18.0 Å². The van der Waals surface area contributed by atoms with Gasteiger partial charge in [-0.15, -0.1) is 0 Å². The van der Waals surface area contributed by atoms with Crippen molar-refractivity contribution in [1.82, 2.24) is 0 Å². The van der Waals surface area contributed by atoms with Crippen LogP contribution in [0.4, 0.5) is 0 Å². The lowest BCUT2D eigenvalue weighted by Crippen LogP contribution is -2.15. The molecule has 0 N–H and O–H groups in total. The second kappa shape index (κ2) is 5.19. The van der Waals surface area contributed by atoms with E-state index in [4.69, 9.17) is 9.73 Å². The molecule has 2 unspecified atom stereocenters. The average Bonchev–Trinajstić information content (AvgIpc) is 3.13. The van der Waals surface area contributed by atoms with Crippen LogP contribution in [0.1, 0.15) is 42.0 Å². The molecule has 3 heteroatoms. The molecule has 2 bridgehead atoms. The number of hydrogen-bond acceptors (Lipinski definition) is 2. The van der Waals surface area contributed by atoms with Crippen LogP contribution in [0.15, 0.2) is 29.0 Å². The van der Waals surface area contributed by atoms with E-state index in [1.807, 2.05) is 6.08 Å². The Morgan fingerprint density at radius 1 is 1.38 bits per heavy atom. The smallest absolute Gasteiger partial charge is 0.116 e. The van der Waals surface area contributed by atoms with Gasteiger partial charge in [-0.2, -0.15) is 0 Å². The summed E-state index contributed by atoms with van der Waals surface area (Å²) in [5, 5.41) is 1.39. The summed E-state index contributed by atoms with van der Waals surface area (Å²) >= 11 is 0. The standard InChI is InChI=1S/C18H20NOP/c1-3-11-8-12-6-5-7-13(12)9-14(11)17-16-10-20-18(21-16)15(4-2)19-17/h3,8-9,18,21H,1,4-7,10H2,2H3. The molecule has 2 atom stereocenters. The van der Waals surface area contributed by atoms with Gasteiger partial charge in [0, 0.05) is 10.9 Å². The molecular weight excluding hydrogens is 277 g/mol. The molecule has 0 spiro atoms. The Kier molecular flexibility index (Phi) is 3.32. The zero-order valence-corrected chi connectivity index (χ0v) is 13.4. The van der Waals surface area contributed by atoms with Crippen LogP contribution in [0.2, 0.25) is 0 Å². The molecule has 2 aliphatic heterocycles. The first kappa shape index (κ1) is 13.4. The monoisotopic (exact) mass is 297 g/mol. The number of ether oxygens (including phenoxy) is 1. The maximum absolute atomic E-state index is 5.90. The molecular formula is C18H20NOP. The Bertz CT molecular complexity index is 687. The number of nitrogens with zero attached hydrogens (tertiary/aromatic N) is 1. The first-order valence-electron chi connectivity index (χ1n) is 7.77. The molecule has 1 aromatic carbocycles. The highest BCUT2D eigenvalue weighted by Gasteiger charge is 2.32. The lowest BCUT2D eigenvalue weighted by molar-refractivity contribution is 0.191.